The van der Waals surface area contributed by atoms with Gasteiger partial charge in [0.1, 0.15) is 0 Å². The summed E-state index contributed by atoms with van der Waals surface area (Å²) in [5.74, 6) is -0.468. The third-order valence-electron chi connectivity index (χ3n) is 3.94. The normalized spacial score (nSPS) is 21.7. The maximum absolute atomic E-state index is 10.8. The number of hydrogen-bond acceptors (Lipinski definition) is 2. The van der Waals surface area contributed by atoms with Crippen LogP contribution in [0.4, 0.5) is 0 Å². The predicted octanol–water partition coefficient (Wildman–Crippen LogP) is 1.99. The first-order chi connectivity index (χ1) is 9.16. The van der Waals surface area contributed by atoms with Gasteiger partial charge in [-0.05, 0) is 30.5 Å². The Bertz CT molecular complexity index is 618. The minimum atomic E-state index is -0.656. The predicted molar refractivity (Wildman–Crippen MR) is 73.9 cm³/mol. The van der Waals surface area contributed by atoms with Crippen molar-refractivity contribution in [1.82, 2.24) is 9.88 Å². The molecule has 0 spiro atoms. The number of aromatic nitrogens is 1. The second-order valence-corrected chi connectivity index (χ2v) is 5.35. The summed E-state index contributed by atoms with van der Waals surface area (Å²) in [5.41, 5.74) is 2.50. The highest BCUT2D eigenvalue weighted by Gasteiger charge is 2.42. The van der Waals surface area contributed by atoms with Crippen LogP contribution in [0.1, 0.15) is 12.0 Å². The number of nitrogens with one attached hydrogen (secondary N) is 1. The van der Waals surface area contributed by atoms with Gasteiger partial charge in [-0.3, -0.25) is 4.79 Å². The molecule has 1 aliphatic carbocycles. The molecule has 0 saturated heterocycles. The third-order valence-corrected chi connectivity index (χ3v) is 3.94. The Hall–Kier alpha value is -1.81. The van der Waals surface area contributed by atoms with E-state index in [9.17, 15) is 4.79 Å². The average molecular weight is 258 g/mol. The Morgan fingerprint density at radius 3 is 3.00 bits per heavy atom. The molecule has 0 amide bonds. The molecular weight excluding hydrogens is 240 g/mol. The molecule has 1 saturated carbocycles. The summed E-state index contributed by atoms with van der Waals surface area (Å²) >= 11 is 0. The van der Waals surface area contributed by atoms with E-state index in [4.69, 9.17) is 5.11 Å². The van der Waals surface area contributed by atoms with Crippen molar-refractivity contribution in [2.45, 2.75) is 13.0 Å². The van der Waals surface area contributed by atoms with Crippen LogP contribution in [0.2, 0.25) is 0 Å². The van der Waals surface area contributed by atoms with Gasteiger partial charge in [0.2, 0.25) is 0 Å². The van der Waals surface area contributed by atoms with Gasteiger partial charge in [0, 0.05) is 30.7 Å². The number of para-hydroxylation sites is 1. The lowest BCUT2D eigenvalue weighted by Gasteiger charge is -2.02. The maximum atomic E-state index is 10.8. The number of fused-ring (bicyclic) bond motifs is 1. The molecule has 2 aromatic rings. The lowest BCUT2D eigenvalue weighted by atomic mass is 10.2. The third kappa shape index (κ3) is 2.36. The second-order valence-electron chi connectivity index (χ2n) is 5.35. The molecule has 2 atom stereocenters. The monoisotopic (exact) mass is 258 g/mol. The maximum Gasteiger partial charge on any atom is 0.306 e. The van der Waals surface area contributed by atoms with Crippen LogP contribution in [0, 0.1) is 11.8 Å². The van der Waals surface area contributed by atoms with Crippen molar-refractivity contribution in [2.75, 3.05) is 6.54 Å². The lowest BCUT2D eigenvalue weighted by Crippen LogP contribution is -2.18. The van der Waals surface area contributed by atoms with Crippen molar-refractivity contribution in [3.8, 4) is 0 Å². The van der Waals surface area contributed by atoms with Crippen molar-refractivity contribution >= 4 is 16.9 Å². The van der Waals surface area contributed by atoms with Gasteiger partial charge >= 0.3 is 5.97 Å². The molecule has 1 heterocycles. The first-order valence-corrected chi connectivity index (χ1v) is 6.63. The van der Waals surface area contributed by atoms with E-state index in [-0.39, 0.29) is 5.92 Å². The number of benzene rings is 1. The molecule has 0 aliphatic heterocycles. The van der Waals surface area contributed by atoms with E-state index >= 15 is 0 Å². The molecule has 1 aromatic carbocycles. The van der Waals surface area contributed by atoms with Crippen molar-refractivity contribution in [3.63, 3.8) is 0 Å². The smallest absolute Gasteiger partial charge is 0.306 e. The van der Waals surface area contributed by atoms with Gasteiger partial charge in [-0.25, -0.2) is 0 Å². The Morgan fingerprint density at radius 1 is 1.47 bits per heavy atom. The summed E-state index contributed by atoms with van der Waals surface area (Å²) in [6.45, 7) is 1.59. The fourth-order valence-corrected chi connectivity index (χ4v) is 2.73. The molecule has 1 aliphatic rings. The fourth-order valence-electron chi connectivity index (χ4n) is 2.73. The summed E-state index contributed by atoms with van der Waals surface area (Å²) in [5, 5.41) is 13.5. The molecule has 100 valence electrons. The molecule has 1 aromatic heterocycles. The van der Waals surface area contributed by atoms with E-state index in [1.54, 1.807) is 0 Å². The molecule has 0 radical (unpaired) electrons. The van der Waals surface area contributed by atoms with Crippen LogP contribution in [0.5, 0.6) is 0 Å². The van der Waals surface area contributed by atoms with Gasteiger partial charge in [-0.15, -0.1) is 0 Å². The molecule has 19 heavy (non-hydrogen) atoms. The quantitative estimate of drug-likeness (QED) is 0.862. The Morgan fingerprint density at radius 2 is 2.26 bits per heavy atom. The highest BCUT2D eigenvalue weighted by atomic mass is 16.4. The Kier molecular flexibility index (Phi) is 3.03. The van der Waals surface area contributed by atoms with Crippen LogP contribution in [0.15, 0.2) is 30.5 Å². The fraction of sp³-hybridized carbons (Fsp3) is 0.400. The zero-order valence-corrected chi connectivity index (χ0v) is 11.0. The van der Waals surface area contributed by atoms with Crippen molar-refractivity contribution in [3.05, 3.63) is 36.0 Å². The molecule has 0 bridgehead atoms. The van der Waals surface area contributed by atoms with E-state index in [0.717, 1.165) is 19.5 Å². The van der Waals surface area contributed by atoms with E-state index in [1.165, 1.54) is 16.5 Å². The second kappa shape index (κ2) is 4.70. The minimum absolute atomic E-state index is 0.125. The van der Waals surface area contributed by atoms with Gasteiger partial charge in [0.15, 0.2) is 0 Å². The first kappa shape index (κ1) is 12.2. The lowest BCUT2D eigenvalue weighted by molar-refractivity contribution is -0.138. The molecule has 4 heteroatoms. The average Bonchev–Trinajstić information content (AvgIpc) is 3.10. The number of rotatable bonds is 5. The molecular formula is C15H18N2O2. The summed E-state index contributed by atoms with van der Waals surface area (Å²) in [6, 6.07) is 8.33. The first-order valence-electron chi connectivity index (χ1n) is 6.63. The Labute approximate surface area is 112 Å². The van der Waals surface area contributed by atoms with E-state index in [2.05, 4.69) is 28.2 Å². The number of carbonyl (C=O) groups is 1. The molecule has 3 rings (SSSR count). The minimum Gasteiger partial charge on any atom is -0.481 e. The zero-order valence-electron chi connectivity index (χ0n) is 11.0. The number of hydrogen-bond donors (Lipinski definition) is 2. The van der Waals surface area contributed by atoms with Crippen LogP contribution >= 0.6 is 0 Å². The number of nitrogens with zero attached hydrogens (tertiary/aromatic N) is 1. The van der Waals surface area contributed by atoms with Crippen LogP contribution in [-0.2, 0) is 18.4 Å². The van der Waals surface area contributed by atoms with Gasteiger partial charge in [-0.2, -0.15) is 0 Å². The van der Waals surface area contributed by atoms with Gasteiger partial charge < -0.3 is 15.0 Å². The number of carboxylic acids is 1. The number of carboxylic acid groups (broad SMARTS) is 1. The Balaban J connectivity index is 1.62. The number of aliphatic carboxylic acids is 1. The van der Waals surface area contributed by atoms with Crippen molar-refractivity contribution < 1.29 is 9.90 Å². The summed E-state index contributed by atoms with van der Waals surface area (Å²) in [6.07, 6.45) is 2.96. The topological polar surface area (TPSA) is 54.3 Å². The largest absolute Gasteiger partial charge is 0.481 e. The van der Waals surface area contributed by atoms with E-state index in [0.29, 0.717) is 5.92 Å². The molecule has 2 N–H and O–H groups in total. The van der Waals surface area contributed by atoms with E-state index < -0.39 is 5.97 Å². The SMILES string of the molecule is Cn1cc(CNCC2CC2C(=O)O)c2ccccc21. The highest BCUT2D eigenvalue weighted by Crippen LogP contribution is 2.37. The van der Waals surface area contributed by atoms with Gasteiger partial charge in [0.25, 0.3) is 0 Å². The molecule has 2 unspecified atom stereocenters. The summed E-state index contributed by atoms with van der Waals surface area (Å²) in [7, 11) is 2.05. The van der Waals surface area contributed by atoms with Crippen LogP contribution in [0.3, 0.4) is 0 Å². The highest BCUT2D eigenvalue weighted by molar-refractivity contribution is 5.83. The van der Waals surface area contributed by atoms with Gasteiger partial charge in [0.05, 0.1) is 5.92 Å². The van der Waals surface area contributed by atoms with E-state index in [1.807, 2.05) is 19.2 Å². The van der Waals surface area contributed by atoms with Crippen molar-refractivity contribution in [1.29, 1.82) is 0 Å². The van der Waals surface area contributed by atoms with Crippen molar-refractivity contribution in [2.24, 2.45) is 18.9 Å². The number of aryl methyl sites for hydroxylation is 1. The van der Waals surface area contributed by atoms with Crippen LogP contribution < -0.4 is 5.32 Å². The standard InChI is InChI=1S/C15H18N2O2/c1-17-9-11(12-4-2-3-5-14(12)17)8-16-7-10-6-13(10)15(18)19/h2-5,9-10,13,16H,6-8H2,1H3,(H,18,19). The summed E-state index contributed by atoms with van der Waals surface area (Å²) < 4.78 is 2.13. The molecule has 4 nitrogen and oxygen atoms in total. The van der Waals surface area contributed by atoms with Gasteiger partial charge in [-0.1, -0.05) is 18.2 Å². The molecule has 1 fully saturated rings. The van der Waals surface area contributed by atoms with Crippen LogP contribution in [0.25, 0.3) is 10.9 Å². The van der Waals surface area contributed by atoms with Crippen LogP contribution in [-0.4, -0.2) is 22.2 Å². The summed E-state index contributed by atoms with van der Waals surface area (Å²) in [4.78, 5) is 10.8. The zero-order chi connectivity index (χ0) is 13.4.